The Balaban J connectivity index is 2.15. The quantitative estimate of drug-likeness (QED) is 0.473. The first kappa shape index (κ1) is 17.2. The van der Waals surface area contributed by atoms with Crippen molar-refractivity contribution in [3.63, 3.8) is 0 Å². The molecule has 1 aromatic rings. The summed E-state index contributed by atoms with van der Waals surface area (Å²) >= 11 is 9.44. The fraction of sp³-hybridized carbons (Fsp3) is 0.647. The molecular formula is C17H24BrClFN. The Morgan fingerprint density at radius 3 is 2.57 bits per heavy atom. The minimum absolute atomic E-state index is 0.0590. The first-order valence-corrected chi connectivity index (χ1v) is 9.16. The van der Waals surface area contributed by atoms with E-state index in [2.05, 4.69) is 28.2 Å². The summed E-state index contributed by atoms with van der Waals surface area (Å²) in [6.45, 7) is 2.91. The van der Waals surface area contributed by atoms with Crippen LogP contribution in [0.4, 0.5) is 4.39 Å². The molecule has 1 atom stereocenters. The van der Waals surface area contributed by atoms with Crippen molar-refractivity contribution in [3.8, 4) is 0 Å². The van der Waals surface area contributed by atoms with Crippen molar-refractivity contribution in [2.45, 2.75) is 57.9 Å². The molecule has 0 bridgehead atoms. The van der Waals surface area contributed by atoms with Crippen LogP contribution in [0, 0.1) is 11.7 Å². The van der Waals surface area contributed by atoms with Crippen LogP contribution in [0.3, 0.4) is 0 Å². The summed E-state index contributed by atoms with van der Waals surface area (Å²) in [5.41, 5.74) is 0.703. The highest BCUT2D eigenvalue weighted by molar-refractivity contribution is 9.10. The zero-order valence-electron chi connectivity index (χ0n) is 12.6. The van der Waals surface area contributed by atoms with Crippen molar-refractivity contribution < 1.29 is 4.39 Å². The van der Waals surface area contributed by atoms with Crippen molar-refractivity contribution in [1.29, 1.82) is 0 Å². The predicted molar refractivity (Wildman–Crippen MR) is 91.3 cm³/mol. The van der Waals surface area contributed by atoms with Gasteiger partial charge in [0.2, 0.25) is 0 Å². The summed E-state index contributed by atoms with van der Waals surface area (Å²) in [4.78, 5) is 0. The van der Waals surface area contributed by atoms with Crippen LogP contribution < -0.4 is 5.32 Å². The van der Waals surface area contributed by atoms with Gasteiger partial charge >= 0.3 is 0 Å². The second-order valence-electron chi connectivity index (χ2n) is 5.99. The van der Waals surface area contributed by atoms with Gasteiger partial charge in [-0.25, -0.2) is 4.39 Å². The lowest BCUT2D eigenvalue weighted by molar-refractivity contribution is 0.353. The molecule has 1 fully saturated rings. The van der Waals surface area contributed by atoms with Crippen LogP contribution >= 0.6 is 27.5 Å². The van der Waals surface area contributed by atoms with Crippen LogP contribution in [0.1, 0.15) is 63.5 Å². The molecule has 0 saturated heterocycles. The summed E-state index contributed by atoms with van der Waals surface area (Å²) < 4.78 is 14.9. The van der Waals surface area contributed by atoms with Crippen molar-refractivity contribution >= 4 is 27.5 Å². The number of hydrogen-bond acceptors (Lipinski definition) is 1. The zero-order chi connectivity index (χ0) is 15.2. The van der Waals surface area contributed by atoms with E-state index < -0.39 is 0 Å². The number of hydrogen-bond donors (Lipinski definition) is 1. The van der Waals surface area contributed by atoms with Crippen LogP contribution in [-0.4, -0.2) is 6.54 Å². The average Bonchev–Trinajstić information content (AvgIpc) is 2.71. The standard InChI is InChI=1S/C17H24BrClFN/c1-2-21-17(9-12-7-5-3-4-6-8-12)13-10-15(19)14(18)11-16(13)20/h10-12,17,21H,2-9H2,1H3. The van der Waals surface area contributed by atoms with E-state index in [0.29, 0.717) is 21.0 Å². The van der Waals surface area contributed by atoms with E-state index in [0.717, 1.165) is 13.0 Å². The summed E-state index contributed by atoms with van der Waals surface area (Å²) in [5.74, 6) is 0.518. The van der Waals surface area contributed by atoms with Crippen LogP contribution in [0.5, 0.6) is 0 Å². The molecule has 1 unspecified atom stereocenters. The van der Waals surface area contributed by atoms with Crippen molar-refractivity contribution in [2.75, 3.05) is 6.54 Å². The third-order valence-electron chi connectivity index (χ3n) is 4.41. The molecule has 1 aliphatic rings. The Bertz CT molecular complexity index is 458. The van der Waals surface area contributed by atoms with Gasteiger partial charge in [-0.2, -0.15) is 0 Å². The van der Waals surface area contributed by atoms with Crippen LogP contribution in [0.25, 0.3) is 0 Å². The average molecular weight is 377 g/mol. The van der Waals surface area contributed by atoms with E-state index in [1.54, 1.807) is 6.07 Å². The fourth-order valence-corrected chi connectivity index (χ4v) is 3.79. The van der Waals surface area contributed by atoms with E-state index in [1.165, 1.54) is 44.6 Å². The monoisotopic (exact) mass is 375 g/mol. The highest BCUT2D eigenvalue weighted by Gasteiger charge is 2.22. The molecule has 1 aromatic carbocycles. The van der Waals surface area contributed by atoms with Gasteiger partial charge < -0.3 is 5.32 Å². The third-order valence-corrected chi connectivity index (χ3v) is 5.61. The molecular weight excluding hydrogens is 353 g/mol. The number of benzene rings is 1. The minimum atomic E-state index is -0.175. The lowest BCUT2D eigenvalue weighted by atomic mass is 9.89. The molecule has 4 heteroatoms. The normalized spacial score (nSPS) is 18.5. The maximum Gasteiger partial charge on any atom is 0.129 e. The lowest BCUT2D eigenvalue weighted by Gasteiger charge is -2.24. The largest absolute Gasteiger partial charge is 0.310 e. The summed E-state index contributed by atoms with van der Waals surface area (Å²) in [7, 11) is 0. The Hall–Kier alpha value is -0.120. The summed E-state index contributed by atoms with van der Waals surface area (Å²) in [5, 5.41) is 4.02. The van der Waals surface area contributed by atoms with Gasteiger partial charge in [0.25, 0.3) is 0 Å². The summed E-state index contributed by atoms with van der Waals surface area (Å²) in [6, 6.07) is 3.31. The first-order chi connectivity index (χ1) is 10.1. The van der Waals surface area contributed by atoms with E-state index in [-0.39, 0.29) is 11.9 Å². The molecule has 21 heavy (non-hydrogen) atoms. The smallest absolute Gasteiger partial charge is 0.129 e. The zero-order valence-corrected chi connectivity index (χ0v) is 14.9. The van der Waals surface area contributed by atoms with Gasteiger partial charge in [0.15, 0.2) is 0 Å². The van der Waals surface area contributed by atoms with Crippen LogP contribution in [-0.2, 0) is 0 Å². The molecule has 1 aliphatic carbocycles. The molecule has 1 saturated carbocycles. The Kier molecular flexibility index (Phi) is 6.97. The molecule has 0 heterocycles. The molecule has 1 N–H and O–H groups in total. The van der Waals surface area contributed by atoms with Gasteiger partial charge in [-0.1, -0.05) is 57.0 Å². The topological polar surface area (TPSA) is 12.0 Å². The van der Waals surface area contributed by atoms with E-state index >= 15 is 0 Å². The van der Waals surface area contributed by atoms with E-state index in [1.807, 2.05) is 0 Å². The van der Waals surface area contributed by atoms with Gasteiger partial charge in [-0.3, -0.25) is 0 Å². The van der Waals surface area contributed by atoms with Gasteiger partial charge in [-0.15, -0.1) is 0 Å². The molecule has 118 valence electrons. The molecule has 0 aliphatic heterocycles. The Morgan fingerprint density at radius 1 is 1.29 bits per heavy atom. The minimum Gasteiger partial charge on any atom is -0.310 e. The van der Waals surface area contributed by atoms with Crippen molar-refractivity contribution in [2.24, 2.45) is 5.92 Å². The third kappa shape index (κ3) is 4.94. The second kappa shape index (κ2) is 8.50. The maximum absolute atomic E-state index is 14.3. The highest BCUT2D eigenvalue weighted by Crippen LogP contribution is 2.34. The summed E-state index contributed by atoms with van der Waals surface area (Å²) in [6.07, 6.45) is 8.87. The Labute approximate surface area is 140 Å². The molecule has 0 aromatic heterocycles. The van der Waals surface area contributed by atoms with Gasteiger partial charge in [0.1, 0.15) is 5.82 Å². The maximum atomic E-state index is 14.3. The molecule has 0 spiro atoms. The van der Waals surface area contributed by atoms with Crippen LogP contribution in [0.2, 0.25) is 5.02 Å². The first-order valence-electron chi connectivity index (χ1n) is 7.99. The highest BCUT2D eigenvalue weighted by atomic mass is 79.9. The fourth-order valence-electron chi connectivity index (χ4n) is 3.30. The van der Waals surface area contributed by atoms with Crippen LogP contribution in [0.15, 0.2) is 16.6 Å². The number of rotatable bonds is 5. The molecule has 1 nitrogen and oxygen atoms in total. The number of halogens is 3. The SMILES string of the molecule is CCNC(CC1CCCCCC1)c1cc(Cl)c(Br)cc1F. The van der Waals surface area contributed by atoms with E-state index in [4.69, 9.17) is 11.6 Å². The molecule has 0 radical (unpaired) electrons. The number of nitrogens with one attached hydrogen (secondary N) is 1. The van der Waals surface area contributed by atoms with Gasteiger partial charge in [-0.05, 0) is 46.9 Å². The van der Waals surface area contributed by atoms with E-state index in [9.17, 15) is 4.39 Å². The Morgan fingerprint density at radius 2 is 1.95 bits per heavy atom. The van der Waals surface area contributed by atoms with Crippen molar-refractivity contribution in [3.05, 3.63) is 33.0 Å². The second-order valence-corrected chi connectivity index (χ2v) is 7.25. The van der Waals surface area contributed by atoms with Crippen molar-refractivity contribution in [1.82, 2.24) is 5.32 Å². The predicted octanol–water partition coefficient (Wildman–Crippen LogP) is 6.25. The van der Waals surface area contributed by atoms with Gasteiger partial charge in [0.05, 0.1) is 5.02 Å². The lowest BCUT2D eigenvalue weighted by Crippen LogP contribution is -2.24. The molecule has 0 amide bonds. The molecule has 2 rings (SSSR count). The van der Waals surface area contributed by atoms with Gasteiger partial charge in [0, 0.05) is 16.1 Å².